The van der Waals surface area contributed by atoms with E-state index in [4.69, 9.17) is 10.5 Å². The van der Waals surface area contributed by atoms with Gasteiger partial charge in [0, 0.05) is 43.6 Å². The molecule has 0 aliphatic carbocycles. The van der Waals surface area contributed by atoms with Gasteiger partial charge >= 0.3 is 6.03 Å². The molecule has 0 radical (unpaired) electrons. The van der Waals surface area contributed by atoms with Crippen LogP contribution in [0.15, 0.2) is 67.0 Å². The number of ether oxygens (including phenoxy) is 1. The Hall–Kier alpha value is -4.02. The highest BCUT2D eigenvalue weighted by Crippen LogP contribution is 2.30. The fraction of sp³-hybridized carbons (Fsp3) is 0.367. The molecule has 1 fully saturated rings. The van der Waals surface area contributed by atoms with Crippen molar-refractivity contribution in [3.05, 3.63) is 83.9 Å². The first kappa shape index (κ1) is 29.0. The zero-order valence-corrected chi connectivity index (χ0v) is 23.5. The Morgan fingerprint density at radius 1 is 1.18 bits per heavy atom. The smallest absolute Gasteiger partial charge is 0.317 e. The van der Waals surface area contributed by atoms with Gasteiger partial charge in [0.2, 0.25) is 0 Å². The van der Waals surface area contributed by atoms with Gasteiger partial charge in [-0.15, -0.1) is 0 Å². The number of methoxy groups -OCH3 is 1. The molecule has 4 aromatic rings. The van der Waals surface area contributed by atoms with Gasteiger partial charge in [-0.3, -0.25) is 10.00 Å². The van der Waals surface area contributed by atoms with Crippen molar-refractivity contribution in [2.24, 2.45) is 5.73 Å². The van der Waals surface area contributed by atoms with Crippen LogP contribution in [0.3, 0.4) is 0 Å². The first-order chi connectivity index (χ1) is 19.3. The van der Waals surface area contributed by atoms with Gasteiger partial charge in [0.05, 0.1) is 18.5 Å². The summed E-state index contributed by atoms with van der Waals surface area (Å²) in [5, 5.41) is 11.7. The standard InChI is InChI=1S/C17H20N6O.C13H18FNO/c1-11(2)22-10-13(9-19-22)15-12(3)16(20-17(18)24)23(21-15)14-7-5-4-6-8-14;1-16-9-8-15-7-6-12(10-15)11-2-4-13(14)5-3-11/h4-11H,1-3H3,(H3,18,20,24);2-5,12H,6-10H2,1H3. The van der Waals surface area contributed by atoms with Crippen LogP contribution < -0.4 is 11.1 Å². The number of para-hydroxylation sites is 1. The number of anilines is 1. The lowest BCUT2D eigenvalue weighted by atomic mass is 9.99. The van der Waals surface area contributed by atoms with Crippen LogP contribution in [-0.2, 0) is 4.74 Å². The Bertz CT molecular complexity index is 1380. The molecule has 0 spiro atoms. The Labute approximate surface area is 234 Å². The summed E-state index contributed by atoms with van der Waals surface area (Å²) >= 11 is 0. The summed E-state index contributed by atoms with van der Waals surface area (Å²) in [6, 6.07) is 16.1. The number of nitrogens with two attached hydrogens (primary N) is 1. The second kappa shape index (κ2) is 13.4. The number of hydrogen-bond acceptors (Lipinski definition) is 5. The highest BCUT2D eigenvalue weighted by Gasteiger charge is 2.23. The van der Waals surface area contributed by atoms with E-state index in [-0.39, 0.29) is 11.9 Å². The fourth-order valence-electron chi connectivity index (χ4n) is 4.80. The van der Waals surface area contributed by atoms with Crippen molar-refractivity contribution in [1.82, 2.24) is 24.5 Å². The summed E-state index contributed by atoms with van der Waals surface area (Å²) in [5.74, 6) is 0.955. The largest absolute Gasteiger partial charge is 0.383 e. The number of nitrogens with zero attached hydrogens (tertiary/aromatic N) is 5. The van der Waals surface area contributed by atoms with Crippen LogP contribution >= 0.6 is 0 Å². The van der Waals surface area contributed by atoms with Crippen molar-refractivity contribution in [1.29, 1.82) is 0 Å². The van der Waals surface area contributed by atoms with Crippen LogP contribution in [0.2, 0.25) is 0 Å². The summed E-state index contributed by atoms with van der Waals surface area (Å²) < 4.78 is 21.4. The monoisotopic (exact) mass is 547 g/mol. The van der Waals surface area contributed by atoms with Crippen LogP contribution in [0, 0.1) is 12.7 Å². The van der Waals surface area contributed by atoms with E-state index in [1.165, 1.54) is 5.56 Å². The summed E-state index contributed by atoms with van der Waals surface area (Å²) in [4.78, 5) is 13.8. The maximum Gasteiger partial charge on any atom is 0.317 e. The lowest BCUT2D eigenvalue weighted by Gasteiger charge is -2.15. The molecule has 10 heteroatoms. The Morgan fingerprint density at radius 2 is 1.90 bits per heavy atom. The number of urea groups is 1. The number of amides is 2. The van der Waals surface area contributed by atoms with Crippen molar-refractivity contribution in [3.8, 4) is 16.9 Å². The number of rotatable bonds is 8. The van der Waals surface area contributed by atoms with Crippen molar-refractivity contribution in [2.45, 2.75) is 39.2 Å². The zero-order valence-electron chi connectivity index (χ0n) is 23.5. The molecule has 1 aliphatic rings. The average molecular weight is 548 g/mol. The van der Waals surface area contributed by atoms with Gasteiger partial charge in [-0.2, -0.15) is 10.2 Å². The van der Waals surface area contributed by atoms with Gasteiger partial charge < -0.3 is 15.4 Å². The molecule has 1 atom stereocenters. The Balaban J connectivity index is 0.000000201. The molecule has 1 aliphatic heterocycles. The Kier molecular flexibility index (Phi) is 9.68. The minimum Gasteiger partial charge on any atom is -0.383 e. The van der Waals surface area contributed by atoms with Crippen LogP contribution in [0.5, 0.6) is 0 Å². The third-order valence-corrected chi connectivity index (χ3v) is 6.99. The molecule has 0 saturated carbocycles. The number of benzene rings is 2. The van der Waals surface area contributed by atoms with E-state index in [9.17, 15) is 9.18 Å². The quantitative estimate of drug-likeness (QED) is 0.308. The maximum absolute atomic E-state index is 12.8. The second-order valence-corrected chi connectivity index (χ2v) is 10.2. The number of aromatic nitrogens is 4. The molecule has 0 bridgehead atoms. The topological polar surface area (TPSA) is 103 Å². The van der Waals surface area contributed by atoms with E-state index in [0.29, 0.717) is 11.7 Å². The fourth-order valence-corrected chi connectivity index (χ4v) is 4.80. The number of primary amides is 1. The van der Waals surface area contributed by atoms with Gasteiger partial charge in [0.25, 0.3) is 0 Å². The first-order valence-corrected chi connectivity index (χ1v) is 13.5. The van der Waals surface area contributed by atoms with Crippen molar-refractivity contribution in [2.75, 3.05) is 38.7 Å². The molecular formula is C30H38FN7O2. The van der Waals surface area contributed by atoms with Gasteiger partial charge in [0.1, 0.15) is 17.3 Å². The van der Waals surface area contributed by atoms with Gasteiger partial charge in [0.15, 0.2) is 0 Å². The third kappa shape index (κ3) is 7.13. The SMILES string of the molecule is COCCN1CCC(c2ccc(F)cc2)C1.Cc1c(-c2cnn(C(C)C)c2)nn(-c2ccccc2)c1NC(N)=O. The molecule has 2 amide bonds. The van der Waals surface area contributed by atoms with Crippen molar-refractivity contribution >= 4 is 11.8 Å². The molecule has 1 saturated heterocycles. The molecule has 212 valence electrons. The summed E-state index contributed by atoms with van der Waals surface area (Å²) in [7, 11) is 1.73. The highest BCUT2D eigenvalue weighted by molar-refractivity contribution is 5.89. The van der Waals surface area contributed by atoms with Crippen LogP contribution in [-0.4, -0.2) is 63.8 Å². The number of carbonyl (C=O) groups is 1. The lowest BCUT2D eigenvalue weighted by Crippen LogP contribution is -2.24. The summed E-state index contributed by atoms with van der Waals surface area (Å²) in [6.45, 7) is 9.99. The number of halogens is 1. The average Bonchev–Trinajstić information content (AvgIpc) is 3.69. The zero-order chi connectivity index (χ0) is 28.6. The number of nitrogens with one attached hydrogen (secondary N) is 1. The predicted molar refractivity (Wildman–Crippen MR) is 155 cm³/mol. The van der Waals surface area contributed by atoms with E-state index >= 15 is 0 Å². The lowest BCUT2D eigenvalue weighted by molar-refractivity contribution is 0.160. The van der Waals surface area contributed by atoms with Crippen molar-refractivity contribution in [3.63, 3.8) is 0 Å². The predicted octanol–water partition coefficient (Wildman–Crippen LogP) is 5.38. The van der Waals surface area contributed by atoms with Crippen LogP contribution in [0.4, 0.5) is 15.0 Å². The van der Waals surface area contributed by atoms with Gasteiger partial charge in [-0.25, -0.2) is 13.9 Å². The molecular weight excluding hydrogens is 509 g/mol. The summed E-state index contributed by atoms with van der Waals surface area (Å²) in [6.07, 6.45) is 4.89. The van der Waals surface area contributed by atoms with Crippen LogP contribution in [0.1, 0.15) is 43.4 Å². The van der Waals surface area contributed by atoms with E-state index in [1.807, 2.05) is 60.3 Å². The molecule has 1 unspecified atom stereocenters. The van der Waals surface area contributed by atoms with E-state index in [1.54, 1.807) is 30.1 Å². The number of carbonyl (C=O) groups excluding carboxylic acids is 1. The molecule has 2 aromatic carbocycles. The number of likely N-dealkylation sites (tertiary alicyclic amines) is 1. The van der Waals surface area contributed by atoms with E-state index < -0.39 is 6.03 Å². The minimum absolute atomic E-state index is 0.155. The molecule has 40 heavy (non-hydrogen) atoms. The minimum atomic E-state index is -0.625. The molecule has 3 heterocycles. The normalized spacial score (nSPS) is 15.2. The van der Waals surface area contributed by atoms with Gasteiger partial charge in [-0.05, 0) is 69.5 Å². The molecule has 5 rings (SSSR count). The Morgan fingerprint density at radius 3 is 2.52 bits per heavy atom. The van der Waals surface area contributed by atoms with E-state index in [2.05, 4.69) is 34.3 Å². The van der Waals surface area contributed by atoms with Gasteiger partial charge in [-0.1, -0.05) is 30.3 Å². The maximum atomic E-state index is 12.8. The molecule has 9 nitrogen and oxygen atoms in total. The third-order valence-electron chi connectivity index (χ3n) is 6.99. The van der Waals surface area contributed by atoms with Crippen molar-refractivity contribution < 1.29 is 13.9 Å². The first-order valence-electron chi connectivity index (χ1n) is 13.5. The highest BCUT2D eigenvalue weighted by atomic mass is 19.1. The summed E-state index contributed by atoms with van der Waals surface area (Å²) in [5.41, 5.74) is 9.90. The molecule has 3 N–H and O–H groups in total. The second-order valence-electron chi connectivity index (χ2n) is 10.2. The van der Waals surface area contributed by atoms with Crippen LogP contribution in [0.25, 0.3) is 16.9 Å². The van der Waals surface area contributed by atoms with E-state index in [0.717, 1.165) is 55.2 Å². The molecule has 2 aromatic heterocycles. The number of hydrogen-bond donors (Lipinski definition) is 2.